The Labute approximate surface area is 253 Å². The van der Waals surface area contributed by atoms with Gasteiger partial charge in [-0.05, 0) is 76.1 Å². The van der Waals surface area contributed by atoms with Gasteiger partial charge in [-0.3, -0.25) is 14.9 Å². The predicted molar refractivity (Wildman–Crippen MR) is 161 cm³/mol. The molecular formula is C30H34F4N6O3S. The first-order chi connectivity index (χ1) is 20.7. The summed E-state index contributed by atoms with van der Waals surface area (Å²) in [6.45, 7) is 4.89. The van der Waals surface area contributed by atoms with Gasteiger partial charge in [0.2, 0.25) is 0 Å². The van der Waals surface area contributed by atoms with Gasteiger partial charge in [-0.25, -0.2) is 31.0 Å². The molecular weight excluding hydrogens is 600 g/mol. The molecule has 1 fully saturated rings. The number of halogens is 4. The number of nitrogens with one attached hydrogen (secondary N) is 4. The van der Waals surface area contributed by atoms with Gasteiger partial charge in [0.1, 0.15) is 28.2 Å². The highest BCUT2D eigenvalue weighted by atomic mass is 32.2. The Morgan fingerprint density at radius 2 is 1.68 bits per heavy atom. The van der Waals surface area contributed by atoms with Crippen LogP contribution in [0, 0.1) is 22.9 Å². The molecule has 4 rings (SSSR count). The molecule has 1 atom stereocenters. The topological polar surface area (TPSA) is 150 Å². The van der Waals surface area contributed by atoms with E-state index in [4.69, 9.17) is 11.1 Å². The number of rotatable bonds is 10. The minimum Gasteiger partial charge on any atom is -0.383 e. The Kier molecular flexibility index (Phi) is 9.81. The molecule has 0 saturated heterocycles. The highest BCUT2D eigenvalue weighted by Crippen LogP contribution is 2.40. The molecule has 0 aliphatic heterocycles. The van der Waals surface area contributed by atoms with E-state index >= 15 is 8.78 Å². The summed E-state index contributed by atoms with van der Waals surface area (Å²) in [7, 11) is -4.60. The average molecular weight is 635 g/mol. The fourth-order valence-corrected chi connectivity index (χ4v) is 6.36. The third kappa shape index (κ3) is 7.12. The van der Waals surface area contributed by atoms with Crippen molar-refractivity contribution in [1.82, 2.24) is 10.3 Å². The van der Waals surface area contributed by atoms with Crippen molar-refractivity contribution in [1.29, 1.82) is 5.41 Å². The minimum absolute atomic E-state index is 0.0378. The molecule has 14 heteroatoms. The first-order valence-corrected chi connectivity index (χ1v) is 15.5. The Bertz CT molecular complexity index is 1680. The summed E-state index contributed by atoms with van der Waals surface area (Å²) in [5.41, 5.74) is 5.60. The number of benzene rings is 2. The van der Waals surface area contributed by atoms with E-state index in [-0.39, 0.29) is 29.4 Å². The van der Waals surface area contributed by atoms with E-state index in [1.54, 1.807) is 6.20 Å². The van der Waals surface area contributed by atoms with Crippen molar-refractivity contribution < 1.29 is 30.8 Å². The smallest absolute Gasteiger partial charge is 0.264 e. The molecule has 1 saturated carbocycles. The molecule has 1 amide bonds. The number of pyridine rings is 1. The lowest BCUT2D eigenvalue weighted by atomic mass is 9.80. The van der Waals surface area contributed by atoms with Gasteiger partial charge in [0.15, 0.2) is 6.17 Å². The minimum atomic E-state index is -4.60. The number of nitrogens with two attached hydrogens (primary N) is 1. The zero-order valence-electron chi connectivity index (χ0n) is 24.3. The molecule has 1 aliphatic rings. The molecule has 1 unspecified atom stereocenters. The number of hydrogen-bond donors (Lipinski definition) is 5. The van der Waals surface area contributed by atoms with Gasteiger partial charge in [0.25, 0.3) is 15.9 Å². The molecule has 3 aromatic rings. The first kappa shape index (κ1) is 32.7. The van der Waals surface area contributed by atoms with Crippen LogP contribution < -0.4 is 21.1 Å². The van der Waals surface area contributed by atoms with E-state index in [9.17, 15) is 22.0 Å². The molecule has 6 N–H and O–H groups in total. The van der Waals surface area contributed by atoms with Crippen molar-refractivity contribution in [2.75, 3.05) is 15.8 Å². The zero-order valence-corrected chi connectivity index (χ0v) is 25.2. The van der Waals surface area contributed by atoms with Crippen molar-refractivity contribution in [2.24, 2.45) is 0 Å². The molecule has 1 heterocycles. The van der Waals surface area contributed by atoms with Crippen LogP contribution in [-0.4, -0.2) is 43.3 Å². The lowest BCUT2D eigenvalue weighted by molar-refractivity contribution is -0.126. The van der Waals surface area contributed by atoms with Crippen molar-refractivity contribution in [3.63, 3.8) is 0 Å². The third-order valence-corrected chi connectivity index (χ3v) is 8.79. The number of carbonyl (C=O) groups excluding carboxylic acids is 1. The zero-order chi connectivity index (χ0) is 32.3. The van der Waals surface area contributed by atoms with Gasteiger partial charge in [-0.15, -0.1) is 0 Å². The summed E-state index contributed by atoms with van der Waals surface area (Å²) in [5.74, 6) is -4.25. The molecule has 0 bridgehead atoms. The average Bonchev–Trinajstić information content (AvgIpc) is 2.95. The predicted octanol–water partition coefficient (Wildman–Crippen LogP) is 5.62. The van der Waals surface area contributed by atoms with Gasteiger partial charge in [-0.2, -0.15) is 0 Å². The van der Waals surface area contributed by atoms with E-state index in [1.807, 2.05) is 18.6 Å². The van der Waals surface area contributed by atoms with E-state index in [1.165, 1.54) is 19.1 Å². The van der Waals surface area contributed by atoms with Crippen LogP contribution in [-0.2, 0) is 14.8 Å². The molecule has 236 valence electrons. The number of nitrogen functional groups attached to an aromatic ring is 1. The second-order valence-electron chi connectivity index (χ2n) is 11.0. The maximum Gasteiger partial charge on any atom is 0.264 e. The van der Waals surface area contributed by atoms with E-state index in [2.05, 4.69) is 15.6 Å². The number of carbonyl (C=O) groups is 1. The summed E-state index contributed by atoms with van der Waals surface area (Å²) >= 11 is 0. The fourth-order valence-electron chi connectivity index (χ4n) is 5.23. The third-order valence-electron chi connectivity index (χ3n) is 7.39. The summed E-state index contributed by atoms with van der Waals surface area (Å²) in [5, 5.41) is 14.8. The highest BCUT2D eigenvalue weighted by Gasteiger charge is 2.30. The van der Waals surface area contributed by atoms with Crippen LogP contribution in [0.4, 0.5) is 34.8 Å². The maximum atomic E-state index is 15.4. The second-order valence-corrected chi connectivity index (χ2v) is 12.7. The largest absolute Gasteiger partial charge is 0.383 e. The highest BCUT2D eigenvalue weighted by molar-refractivity contribution is 7.92. The number of nitrogens with zero attached hydrogens (tertiary/aromatic N) is 1. The normalized spacial score (nSPS) is 17.6. The van der Waals surface area contributed by atoms with E-state index < -0.39 is 61.4 Å². The second kappa shape index (κ2) is 13.2. The molecule has 2 aromatic carbocycles. The number of sulfonamides is 1. The summed E-state index contributed by atoms with van der Waals surface area (Å²) in [4.78, 5) is 15.3. The fraction of sp³-hybridized carbons (Fsp3) is 0.367. The van der Waals surface area contributed by atoms with Crippen LogP contribution in [0.2, 0.25) is 0 Å². The molecule has 1 aromatic heterocycles. The van der Waals surface area contributed by atoms with Crippen molar-refractivity contribution in [3.05, 3.63) is 76.7 Å². The van der Waals surface area contributed by atoms with Crippen LogP contribution >= 0.6 is 0 Å². The van der Waals surface area contributed by atoms with Crippen molar-refractivity contribution in [2.45, 2.75) is 75.5 Å². The van der Waals surface area contributed by atoms with Crippen molar-refractivity contribution in [3.8, 4) is 0 Å². The number of alkyl halides is 1. The van der Waals surface area contributed by atoms with Crippen LogP contribution in [0.3, 0.4) is 0 Å². The van der Waals surface area contributed by atoms with Gasteiger partial charge in [0.05, 0.1) is 22.6 Å². The number of aromatic nitrogens is 1. The number of hydrogen-bond acceptors (Lipinski definition) is 7. The van der Waals surface area contributed by atoms with Gasteiger partial charge < -0.3 is 16.4 Å². The van der Waals surface area contributed by atoms with Crippen LogP contribution in [0.25, 0.3) is 0 Å². The van der Waals surface area contributed by atoms with Gasteiger partial charge in [0, 0.05) is 29.9 Å². The lowest BCUT2D eigenvalue weighted by Gasteiger charge is -2.32. The summed E-state index contributed by atoms with van der Waals surface area (Å²) < 4.78 is 85.3. The Morgan fingerprint density at radius 3 is 2.30 bits per heavy atom. The van der Waals surface area contributed by atoms with Crippen LogP contribution in [0.5, 0.6) is 0 Å². The Morgan fingerprint density at radius 1 is 1.02 bits per heavy atom. The van der Waals surface area contributed by atoms with Gasteiger partial charge >= 0.3 is 0 Å². The Balaban J connectivity index is 1.66. The van der Waals surface area contributed by atoms with Crippen molar-refractivity contribution >= 4 is 38.8 Å². The lowest BCUT2D eigenvalue weighted by Crippen LogP contribution is -2.40. The first-order valence-electron chi connectivity index (χ1n) is 14.0. The summed E-state index contributed by atoms with van der Waals surface area (Å²) in [6, 6.07) is 5.37. The number of amides is 1. The van der Waals surface area contributed by atoms with E-state index in [0.29, 0.717) is 49.1 Å². The Hall–Kier alpha value is -4.20. The van der Waals surface area contributed by atoms with Crippen LogP contribution in [0.1, 0.15) is 69.1 Å². The summed E-state index contributed by atoms with van der Waals surface area (Å²) in [6.07, 6.45) is 2.32. The molecule has 0 radical (unpaired) electrons. The quantitative estimate of drug-likeness (QED) is 0.144. The molecule has 44 heavy (non-hydrogen) atoms. The van der Waals surface area contributed by atoms with E-state index in [0.717, 1.165) is 12.1 Å². The maximum absolute atomic E-state index is 15.4. The standard InChI is InChI=1S/C30H34F4N6O3S/c1-15(2)38-28-20(17-8-10-18(11-9-17)39-30(41)16(3)31)14-37-29(36)26(28)27(35)19-12-23(34)24(13-22(19)33)40-44(42,43)25-7-5-4-6-21(25)32/h4-7,12-18,35,40H,8-11H2,1-3H3,(H,39,41)(H3,36,37,38). The molecule has 9 nitrogen and oxygen atoms in total. The number of anilines is 3. The molecule has 0 spiro atoms. The SMILES string of the molecule is CC(C)Nc1c(C2CCC(NC(=O)C(C)F)CC2)cnc(N)c1C(=N)c1cc(F)c(NS(=O)(=O)c2ccccc2F)cc1F. The van der Waals surface area contributed by atoms with Gasteiger partial charge in [-0.1, -0.05) is 12.1 Å². The monoisotopic (exact) mass is 634 g/mol. The van der Waals surface area contributed by atoms with Crippen LogP contribution in [0.15, 0.2) is 47.5 Å². The molecule has 1 aliphatic carbocycles.